The maximum absolute atomic E-state index is 12.6. The summed E-state index contributed by atoms with van der Waals surface area (Å²) >= 11 is 11.8. The number of likely N-dealkylation sites (tertiary alicyclic amines) is 1. The zero-order valence-corrected chi connectivity index (χ0v) is 13.1. The van der Waals surface area contributed by atoms with E-state index in [1.807, 2.05) is 0 Å². The summed E-state index contributed by atoms with van der Waals surface area (Å²) in [5, 5.41) is 0.433. The number of nitrogens with two attached hydrogens (primary N) is 1. The summed E-state index contributed by atoms with van der Waals surface area (Å²) < 4.78 is 4.77. The molecule has 7 heteroatoms. The number of nitrogens with zero attached hydrogens (tertiary/aromatic N) is 1. The first kappa shape index (κ1) is 15.9. The van der Waals surface area contributed by atoms with Gasteiger partial charge in [0, 0.05) is 12.1 Å². The summed E-state index contributed by atoms with van der Waals surface area (Å²) in [7, 11) is 1.32. The van der Waals surface area contributed by atoms with Crippen LogP contribution in [0.4, 0.5) is 5.69 Å². The first-order chi connectivity index (χ1) is 9.95. The Balaban J connectivity index is 2.31. The van der Waals surface area contributed by atoms with Crippen molar-refractivity contribution in [1.29, 1.82) is 0 Å². The Labute approximate surface area is 132 Å². The number of hydrogen-bond acceptors (Lipinski definition) is 4. The highest BCUT2D eigenvalue weighted by atomic mass is 35.5. The fraction of sp³-hybridized carbons (Fsp3) is 0.429. The molecule has 0 spiro atoms. The van der Waals surface area contributed by atoms with Gasteiger partial charge in [-0.1, -0.05) is 23.2 Å². The Kier molecular flexibility index (Phi) is 4.96. The summed E-state index contributed by atoms with van der Waals surface area (Å²) in [5.41, 5.74) is 6.28. The molecule has 1 aromatic carbocycles. The van der Waals surface area contributed by atoms with Gasteiger partial charge in [-0.2, -0.15) is 0 Å². The zero-order chi connectivity index (χ0) is 15.6. The van der Waals surface area contributed by atoms with Crippen molar-refractivity contribution < 1.29 is 14.3 Å². The maximum atomic E-state index is 12.6. The third kappa shape index (κ3) is 3.24. The van der Waals surface area contributed by atoms with Gasteiger partial charge < -0.3 is 15.4 Å². The highest BCUT2D eigenvalue weighted by Crippen LogP contribution is 2.30. The van der Waals surface area contributed by atoms with Gasteiger partial charge in [0.15, 0.2) is 0 Å². The van der Waals surface area contributed by atoms with Crippen LogP contribution in [0.5, 0.6) is 0 Å². The van der Waals surface area contributed by atoms with Crippen LogP contribution in [-0.4, -0.2) is 36.5 Å². The summed E-state index contributed by atoms with van der Waals surface area (Å²) in [4.78, 5) is 25.9. The number of rotatable bonds is 2. The number of esters is 1. The molecule has 2 N–H and O–H groups in total. The molecule has 0 aliphatic carbocycles. The van der Waals surface area contributed by atoms with E-state index in [-0.39, 0.29) is 21.6 Å². The Morgan fingerprint density at radius 3 is 2.67 bits per heavy atom. The standard InChI is InChI=1S/C14H16Cl2N2O3/c1-21-14(20)11-4-2-3-5-18(11)13(19)8-6-9(15)12(16)10(17)7-8/h6-7,11H,2-5,17H2,1H3. The summed E-state index contributed by atoms with van der Waals surface area (Å²) in [6.45, 7) is 0.499. The third-order valence-electron chi connectivity index (χ3n) is 3.54. The molecule has 1 aliphatic rings. The van der Waals surface area contributed by atoms with Crippen LogP contribution in [0, 0.1) is 0 Å². The van der Waals surface area contributed by atoms with Gasteiger partial charge in [0.05, 0.1) is 22.8 Å². The molecule has 0 radical (unpaired) electrons. The molecule has 0 bridgehead atoms. The lowest BCUT2D eigenvalue weighted by molar-refractivity contribution is -0.147. The number of hydrogen-bond donors (Lipinski definition) is 1. The molecular weight excluding hydrogens is 315 g/mol. The van der Waals surface area contributed by atoms with E-state index in [1.165, 1.54) is 24.1 Å². The van der Waals surface area contributed by atoms with Gasteiger partial charge in [-0.3, -0.25) is 4.79 Å². The molecule has 21 heavy (non-hydrogen) atoms. The lowest BCUT2D eigenvalue weighted by atomic mass is 10.0. The third-order valence-corrected chi connectivity index (χ3v) is 4.36. The Morgan fingerprint density at radius 1 is 1.33 bits per heavy atom. The van der Waals surface area contributed by atoms with Crippen molar-refractivity contribution in [1.82, 2.24) is 4.90 Å². The van der Waals surface area contributed by atoms with Crippen LogP contribution >= 0.6 is 23.2 Å². The molecule has 0 aromatic heterocycles. The van der Waals surface area contributed by atoms with Crippen molar-refractivity contribution in [2.45, 2.75) is 25.3 Å². The molecule has 1 fully saturated rings. The quantitative estimate of drug-likeness (QED) is 0.668. The summed E-state index contributed by atoms with van der Waals surface area (Å²) in [6.07, 6.45) is 2.32. The van der Waals surface area contributed by atoms with E-state index in [4.69, 9.17) is 33.7 Å². The minimum absolute atomic E-state index is 0.214. The smallest absolute Gasteiger partial charge is 0.328 e. The van der Waals surface area contributed by atoms with Crippen molar-refractivity contribution >= 4 is 40.8 Å². The van der Waals surface area contributed by atoms with Crippen LogP contribution in [0.25, 0.3) is 0 Å². The number of carbonyl (C=O) groups excluding carboxylic acids is 2. The molecule has 1 aliphatic heterocycles. The van der Waals surface area contributed by atoms with E-state index in [1.54, 1.807) is 0 Å². The second-order valence-electron chi connectivity index (χ2n) is 4.89. The average Bonchev–Trinajstić information content (AvgIpc) is 2.50. The molecule has 1 atom stereocenters. The number of ether oxygens (including phenoxy) is 1. The number of nitrogen functional groups attached to an aromatic ring is 1. The number of amides is 1. The lowest BCUT2D eigenvalue weighted by Gasteiger charge is -2.33. The second-order valence-corrected chi connectivity index (χ2v) is 5.68. The monoisotopic (exact) mass is 330 g/mol. The first-order valence-electron chi connectivity index (χ1n) is 6.59. The lowest BCUT2D eigenvalue weighted by Crippen LogP contribution is -2.48. The van der Waals surface area contributed by atoms with Gasteiger partial charge in [0.1, 0.15) is 6.04 Å². The predicted molar refractivity (Wildman–Crippen MR) is 81.6 cm³/mol. The van der Waals surface area contributed by atoms with Gasteiger partial charge >= 0.3 is 5.97 Å². The topological polar surface area (TPSA) is 72.6 Å². The van der Waals surface area contributed by atoms with E-state index >= 15 is 0 Å². The van der Waals surface area contributed by atoms with Crippen molar-refractivity contribution in [3.05, 3.63) is 27.7 Å². The number of anilines is 1. The summed E-state index contributed by atoms with van der Waals surface area (Å²) in [6, 6.07) is 2.37. The molecule has 2 rings (SSSR count). The van der Waals surface area contributed by atoms with E-state index < -0.39 is 12.0 Å². The molecule has 1 unspecified atom stereocenters. The molecule has 5 nitrogen and oxygen atoms in total. The minimum Gasteiger partial charge on any atom is -0.467 e. The van der Waals surface area contributed by atoms with E-state index in [2.05, 4.69) is 0 Å². The van der Waals surface area contributed by atoms with Crippen LogP contribution in [0.1, 0.15) is 29.6 Å². The number of piperidine rings is 1. The number of methoxy groups -OCH3 is 1. The SMILES string of the molecule is COC(=O)C1CCCCN1C(=O)c1cc(N)c(Cl)c(Cl)c1. The fourth-order valence-electron chi connectivity index (χ4n) is 2.46. The van der Waals surface area contributed by atoms with Crippen LogP contribution in [0.15, 0.2) is 12.1 Å². The molecule has 114 valence electrons. The first-order valence-corrected chi connectivity index (χ1v) is 7.34. The Hall–Kier alpha value is -1.46. The molecule has 0 saturated carbocycles. The van der Waals surface area contributed by atoms with Gasteiger partial charge in [-0.25, -0.2) is 4.79 Å². The van der Waals surface area contributed by atoms with Crippen molar-refractivity contribution in [2.24, 2.45) is 0 Å². The second kappa shape index (κ2) is 6.54. The summed E-state index contributed by atoms with van der Waals surface area (Å²) in [5.74, 6) is -0.702. The molecule has 1 saturated heterocycles. The number of carbonyl (C=O) groups is 2. The van der Waals surface area contributed by atoms with Gasteiger partial charge in [-0.15, -0.1) is 0 Å². The zero-order valence-electron chi connectivity index (χ0n) is 11.6. The van der Waals surface area contributed by atoms with Crippen LogP contribution in [-0.2, 0) is 9.53 Å². The molecule has 1 aromatic rings. The highest BCUT2D eigenvalue weighted by molar-refractivity contribution is 6.43. The van der Waals surface area contributed by atoms with E-state index in [0.717, 1.165) is 12.8 Å². The van der Waals surface area contributed by atoms with E-state index in [9.17, 15) is 9.59 Å². The fourth-order valence-corrected chi connectivity index (χ4v) is 2.79. The highest BCUT2D eigenvalue weighted by Gasteiger charge is 2.33. The Morgan fingerprint density at radius 2 is 2.05 bits per heavy atom. The number of benzene rings is 1. The van der Waals surface area contributed by atoms with Crippen LogP contribution in [0.3, 0.4) is 0 Å². The molecule has 1 heterocycles. The van der Waals surface area contributed by atoms with Crippen molar-refractivity contribution in [3.8, 4) is 0 Å². The molecule has 1 amide bonds. The van der Waals surface area contributed by atoms with Crippen molar-refractivity contribution in [2.75, 3.05) is 19.4 Å². The number of halogens is 2. The predicted octanol–water partition coefficient (Wildman–Crippen LogP) is 2.74. The van der Waals surface area contributed by atoms with Crippen molar-refractivity contribution in [3.63, 3.8) is 0 Å². The van der Waals surface area contributed by atoms with Crippen LogP contribution in [0.2, 0.25) is 10.0 Å². The van der Waals surface area contributed by atoms with Crippen LogP contribution < -0.4 is 5.73 Å². The molecular formula is C14H16Cl2N2O3. The van der Waals surface area contributed by atoms with Gasteiger partial charge in [0.2, 0.25) is 0 Å². The Bertz CT molecular complexity index is 554. The van der Waals surface area contributed by atoms with Gasteiger partial charge in [-0.05, 0) is 31.4 Å². The van der Waals surface area contributed by atoms with E-state index in [0.29, 0.717) is 18.5 Å². The average molecular weight is 331 g/mol. The largest absolute Gasteiger partial charge is 0.467 e. The maximum Gasteiger partial charge on any atom is 0.328 e. The normalized spacial score (nSPS) is 18.4. The van der Waals surface area contributed by atoms with Gasteiger partial charge in [0.25, 0.3) is 5.91 Å². The minimum atomic E-state index is -0.563.